The van der Waals surface area contributed by atoms with E-state index >= 15 is 0 Å². The predicted octanol–water partition coefficient (Wildman–Crippen LogP) is 4.26. The molecule has 1 aromatic carbocycles. The van der Waals surface area contributed by atoms with Crippen molar-refractivity contribution in [2.24, 2.45) is 0 Å². The number of fused-ring (bicyclic) bond motifs is 1. The number of nitrogens with zero attached hydrogens (tertiary/aromatic N) is 4. The molecule has 1 saturated heterocycles. The second-order valence-corrected chi connectivity index (χ2v) is 8.77. The van der Waals surface area contributed by atoms with E-state index in [1.165, 1.54) is 43.2 Å². The molecule has 1 aliphatic heterocycles. The van der Waals surface area contributed by atoms with Gasteiger partial charge in [-0.25, -0.2) is 9.97 Å². The highest BCUT2D eigenvalue weighted by Gasteiger charge is 2.20. The first-order chi connectivity index (χ1) is 15.3. The lowest BCUT2D eigenvalue weighted by Crippen LogP contribution is -2.37. The molecule has 0 unspecified atom stereocenters. The average molecular weight is 418 g/mol. The van der Waals surface area contributed by atoms with Crippen LogP contribution in [0.2, 0.25) is 0 Å². The van der Waals surface area contributed by atoms with Crippen molar-refractivity contribution >= 4 is 16.9 Å². The van der Waals surface area contributed by atoms with Crippen molar-refractivity contribution in [2.45, 2.75) is 51.6 Å². The van der Waals surface area contributed by atoms with Gasteiger partial charge in [0.2, 0.25) is 0 Å². The van der Waals surface area contributed by atoms with Gasteiger partial charge < -0.3 is 15.0 Å². The molecule has 2 fully saturated rings. The third-order valence-corrected chi connectivity index (χ3v) is 6.36. The number of rotatable bonds is 5. The van der Waals surface area contributed by atoms with Crippen LogP contribution in [0.5, 0.6) is 0 Å². The Hall–Kier alpha value is -2.57. The van der Waals surface area contributed by atoms with Crippen molar-refractivity contribution in [1.29, 1.82) is 0 Å². The number of pyridine rings is 1. The lowest BCUT2D eigenvalue weighted by molar-refractivity contribution is 0.122. The quantitative estimate of drug-likeness (QED) is 0.669. The van der Waals surface area contributed by atoms with Crippen LogP contribution < -0.4 is 10.2 Å². The Kier molecular flexibility index (Phi) is 6.09. The summed E-state index contributed by atoms with van der Waals surface area (Å²) < 4.78 is 5.56. The van der Waals surface area contributed by atoms with Crippen LogP contribution in [-0.2, 0) is 11.3 Å². The number of aromatic nitrogens is 3. The molecule has 2 aromatic heterocycles. The number of hydrogen-bond acceptors (Lipinski definition) is 6. The fraction of sp³-hybridized carbons (Fsp3) is 0.480. The molecule has 2 aliphatic rings. The monoisotopic (exact) mass is 417 g/mol. The molecule has 0 amide bonds. The van der Waals surface area contributed by atoms with Crippen molar-refractivity contribution in [3.05, 3.63) is 47.7 Å². The van der Waals surface area contributed by atoms with Gasteiger partial charge in [-0.3, -0.25) is 4.98 Å². The zero-order valence-corrected chi connectivity index (χ0v) is 18.3. The van der Waals surface area contributed by atoms with Gasteiger partial charge in [0.05, 0.1) is 18.7 Å². The largest absolute Gasteiger partial charge is 0.378 e. The lowest BCUT2D eigenvalue weighted by atomic mass is 9.95. The van der Waals surface area contributed by atoms with Gasteiger partial charge in [-0.2, -0.15) is 0 Å². The number of morpholine rings is 1. The van der Waals surface area contributed by atoms with Crippen molar-refractivity contribution in [2.75, 3.05) is 31.2 Å². The number of anilines is 1. The van der Waals surface area contributed by atoms with E-state index in [0.717, 1.165) is 47.9 Å². The standard InChI is InChI=1S/C25H31N5O/c1-18-6-5-7-20(14-18)24-28-22-15-19(16-26-21-8-3-2-4-9-21)17-27-23(22)25(29-24)30-10-12-31-13-11-30/h5-7,14-15,17,21,26H,2-4,8-13,16H2,1H3. The van der Waals surface area contributed by atoms with Crippen LogP contribution in [0.25, 0.3) is 22.4 Å². The second kappa shape index (κ2) is 9.28. The van der Waals surface area contributed by atoms with Crippen molar-refractivity contribution in [1.82, 2.24) is 20.3 Å². The Morgan fingerprint density at radius 3 is 2.71 bits per heavy atom. The molecular weight excluding hydrogens is 386 g/mol. The molecule has 0 atom stereocenters. The van der Waals surface area contributed by atoms with E-state index in [2.05, 4.69) is 47.5 Å². The van der Waals surface area contributed by atoms with E-state index in [4.69, 9.17) is 19.7 Å². The van der Waals surface area contributed by atoms with Gasteiger partial charge in [-0.1, -0.05) is 43.0 Å². The Labute approximate surface area is 184 Å². The molecule has 5 rings (SSSR count). The smallest absolute Gasteiger partial charge is 0.162 e. The van der Waals surface area contributed by atoms with E-state index < -0.39 is 0 Å². The van der Waals surface area contributed by atoms with E-state index in [1.807, 2.05) is 6.20 Å². The first-order valence-electron chi connectivity index (χ1n) is 11.6. The molecule has 0 spiro atoms. The summed E-state index contributed by atoms with van der Waals surface area (Å²) in [5.41, 5.74) is 5.22. The van der Waals surface area contributed by atoms with Gasteiger partial charge in [0.15, 0.2) is 11.6 Å². The summed E-state index contributed by atoms with van der Waals surface area (Å²) in [4.78, 5) is 17.0. The molecule has 0 radical (unpaired) electrons. The van der Waals surface area contributed by atoms with Crippen LogP contribution in [-0.4, -0.2) is 47.3 Å². The van der Waals surface area contributed by atoms with Crippen molar-refractivity contribution in [3.63, 3.8) is 0 Å². The molecule has 6 heteroatoms. The van der Waals surface area contributed by atoms with Gasteiger partial charge in [0, 0.05) is 37.4 Å². The third-order valence-electron chi connectivity index (χ3n) is 6.36. The Morgan fingerprint density at radius 1 is 1.06 bits per heavy atom. The Balaban J connectivity index is 1.50. The molecule has 6 nitrogen and oxygen atoms in total. The van der Waals surface area contributed by atoms with Crippen LogP contribution in [0.1, 0.15) is 43.2 Å². The molecule has 0 bridgehead atoms. The minimum atomic E-state index is 0.626. The normalized spacial score (nSPS) is 17.9. The fourth-order valence-corrected chi connectivity index (χ4v) is 4.62. The SMILES string of the molecule is Cc1cccc(-c2nc(N3CCOCC3)c3ncc(CNC4CCCCC4)cc3n2)c1. The summed E-state index contributed by atoms with van der Waals surface area (Å²) in [5, 5.41) is 3.72. The summed E-state index contributed by atoms with van der Waals surface area (Å²) in [6, 6.07) is 11.2. The van der Waals surface area contributed by atoms with Gasteiger partial charge in [-0.05, 0) is 37.5 Å². The number of aryl methyl sites for hydroxylation is 1. The second-order valence-electron chi connectivity index (χ2n) is 8.77. The van der Waals surface area contributed by atoms with Crippen molar-refractivity contribution < 1.29 is 4.74 Å². The molecule has 1 aliphatic carbocycles. The highest BCUT2D eigenvalue weighted by molar-refractivity contribution is 5.88. The number of benzene rings is 1. The maximum absolute atomic E-state index is 5.56. The topological polar surface area (TPSA) is 63.2 Å². The average Bonchev–Trinajstić information content (AvgIpc) is 2.83. The van der Waals surface area contributed by atoms with Gasteiger partial charge in [-0.15, -0.1) is 0 Å². The van der Waals surface area contributed by atoms with Gasteiger partial charge >= 0.3 is 0 Å². The summed E-state index contributed by atoms with van der Waals surface area (Å²) in [5.74, 6) is 1.67. The van der Waals surface area contributed by atoms with Crippen LogP contribution in [0.15, 0.2) is 36.5 Å². The molecule has 162 valence electrons. The first-order valence-corrected chi connectivity index (χ1v) is 11.6. The minimum absolute atomic E-state index is 0.626. The number of hydrogen-bond donors (Lipinski definition) is 1. The van der Waals surface area contributed by atoms with Crippen LogP contribution in [0.4, 0.5) is 5.82 Å². The zero-order chi connectivity index (χ0) is 21.0. The van der Waals surface area contributed by atoms with E-state index in [-0.39, 0.29) is 0 Å². The first kappa shape index (κ1) is 20.3. The fourth-order valence-electron chi connectivity index (χ4n) is 4.62. The molecule has 3 heterocycles. The van der Waals surface area contributed by atoms with Crippen LogP contribution in [0, 0.1) is 6.92 Å². The summed E-state index contributed by atoms with van der Waals surface area (Å²) >= 11 is 0. The summed E-state index contributed by atoms with van der Waals surface area (Å²) in [7, 11) is 0. The molecule has 3 aromatic rings. The molecule has 1 saturated carbocycles. The van der Waals surface area contributed by atoms with Gasteiger partial charge in [0.1, 0.15) is 5.52 Å². The minimum Gasteiger partial charge on any atom is -0.378 e. The third kappa shape index (κ3) is 4.70. The zero-order valence-electron chi connectivity index (χ0n) is 18.3. The highest BCUT2D eigenvalue weighted by Crippen LogP contribution is 2.28. The molecule has 31 heavy (non-hydrogen) atoms. The maximum Gasteiger partial charge on any atom is 0.162 e. The van der Waals surface area contributed by atoms with E-state index in [1.54, 1.807) is 0 Å². The molecule has 1 N–H and O–H groups in total. The van der Waals surface area contributed by atoms with Crippen molar-refractivity contribution in [3.8, 4) is 11.4 Å². The van der Waals surface area contributed by atoms with Crippen LogP contribution >= 0.6 is 0 Å². The number of nitrogens with one attached hydrogen (secondary N) is 1. The molecular formula is C25H31N5O. The highest BCUT2D eigenvalue weighted by atomic mass is 16.5. The van der Waals surface area contributed by atoms with E-state index in [9.17, 15) is 0 Å². The lowest BCUT2D eigenvalue weighted by Gasteiger charge is -2.28. The van der Waals surface area contributed by atoms with Gasteiger partial charge in [0.25, 0.3) is 0 Å². The summed E-state index contributed by atoms with van der Waals surface area (Å²) in [6.45, 7) is 6.02. The Bertz CT molecular complexity index is 1040. The maximum atomic E-state index is 5.56. The number of ether oxygens (including phenoxy) is 1. The van der Waals surface area contributed by atoms with Crippen LogP contribution in [0.3, 0.4) is 0 Å². The summed E-state index contributed by atoms with van der Waals surface area (Å²) in [6.07, 6.45) is 8.59. The Morgan fingerprint density at radius 2 is 1.90 bits per heavy atom. The predicted molar refractivity (Wildman–Crippen MR) is 124 cm³/mol. The van der Waals surface area contributed by atoms with E-state index in [0.29, 0.717) is 19.3 Å².